The molecule has 1 heterocycles. The SMILES string of the molecule is NC(=O)C(Cc1c[nH]c2ccccc12)C(=O)NCNCc1ccccc1. The van der Waals surface area contributed by atoms with Crippen LogP contribution < -0.4 is 16.4 Å². The summed E-state index contributed by atoms with van der Waals surface area (Å²) in [5.41, 5.74) is 8.45. The van der Waals surface area contributed by atoms with E-state index in [-0.39, 0.29) is 19.0 Å². The van der Waals surface area contributed by atoms with Crippen LogP contribution >= 0.6 is 0 Å². The molecule has 0 aliphatic rings. The summed E-state index contributed by atoms with van der Waals surface area (Å²) in [6.45, 7) is 0.899. The topological polar surface area (TPSA) is 100 Å². The Balaban J connectivity index is 1.57. The van der Waals surface area contributed by atoms with E-state index in [1.165, 1.54) is 0 Å². The number of rotatable bonds is 8. The molecule has 134 valence electrons. The van der Waals surface area contributed by atoms with Gasteiger partial charge in [0.15, 0.2) is 0 Å². The quantitative estimate of drug-likeness (QED) is 0.282. The number of carbonyl (C=O) groups is 2. The minimum atomic E-state index is -0.910. The number of primary amides is 1. The largest absolute Gasteiger partial charge is 0.369 e. The first kappa shape index (κ1) is 17.7. The summed E-state index contributed by atoms with van der Waals surface area (Å²) in [6.07, 6.45) is 2.09. The van der Waals surface area contributed by atoms with Gasteiger partial charge in [-0.15, -0.1) is 0 Å². The number of para-hydroxylation sites is 1. The fourth-order valence-electron chi connectivity index (χ4n) is 2.92. The Morgan fingerprint density at radius 2 is 1.77 bits per heavy atom. The van der Waals surface area contributed by atoms with Crippen LogP contribution in [-0.4, -0.2) is 23.5 Å². The third-order valence-corrected chi connectivity index (χ3v) is 4.32. The van der Waals surface area contributed by atoms with Crippen molar-refractivity contribution in [2.45, 2.75) is 13.0 Å². The number of hydrogen-bond acceptors (Lipinski definition) is 3. The average Bonchev–Trinajstić information content (AvgIpc) is 3.07. The van der Waals surface area contributed by atoms with Crippen LogP contribution in [0.25, 0.3) is 10.9 Å². The van der Waals surface area contributed by atoms with E-state index in [2.05, 4.69) is 15.6 Å². The third-order valence-electron chi connectivity index (χ3n) is 4.32. The molecule has 3 rings (SSSR count). The van der Waals surface area contributed by atoms with E-state index in [1.54, 1.807) is 0 Å². The van der Waals surface area contributed by atoms with E-state index in [0.717, 1.165) is 22.0 Å². The first-order valence-corrected chi connectivity index (χ1v) is 8.52. The van der Waals surface area contributed by atoms with Crippen LogP contribution in [0.3, 0.4) is 0 Å². The number of H-pyrrole nitrogens is 1. The van der Waals surface area contributed by atoms with E-state index in [4.69, 9.17) is 5.73 Å². The van der Waals surface area contributed by atoms with E-state index in [0.29, 0.717) is 6.54 Å². The molecule has 1 unspecified atom stereocenters. The summed E-state index contributed by atoms with van der Waals surface area (Å²) in [6, 6.07) is 17.6. The molecule has 0 fully saturated rings. The molecular weight excluding hydrogens is 328 g/mol. The normalized spacial score (nSPS) is 12.0. The highest BCUT2D eigenvalue weighted by Gasteiger charge is 2.25. The highest BCUT2D eigenvalue weighted by molar-refractivity contribution is 6.00. The number of aromatic nitrogens is 1. The fourth-order valence-corrected chi connectivity index (χ4v) is 2.92. The molecule has 6 nitrogen and oxygen atoms in total. The lowest BCUT2D eigenvalue weighted by molar-refractivity contribution is -0.133. The lowest BCUT2D eigenvalue weighted by atomic mass is 9.97. The van der Waals surface area contributed by atoms with Crippen molar-refractivity contribution in [2.75, 3.05) is 6.67 Å². The molecule has 0 bridgehead atoms. The van der Waals surface area contributed by atoms with Crippen molar-refractivity contribution in [3.63, 3.8) is 0 Å². The van der Waals surface area contributed by atoms with Crippen LogP contribution in [0.4, 0.5) is 0 Å². The van der Waals surface area contributed by atoms with Gasteiger partial charge in [-0.05, 0) is 23.6 Å². The summed E-state index contributed by atoms with van der Waals surface area (Å²) in [5, 5.41) is 6.85. The van der Waals surface area contributed by atoms with Crippen molar-refractivity contribution < 1.29 is 9.59 Å². The van der Waals surface area contributed by atoms with Crippen molar-refractivity contribution in [3.05, 3.63) is 71.9 Å². The van der Waals surface area contributed by atoms with Crippen LogP contribution in [-0.2, 0) is 22.6 Å². The zero-order valence-corrected chi connectivity index (χ0v) is 14.4. The van der Waals surface area contributed by atoms with Crippen LogP contribution in [0, 0.1) is 5.92 Å². The molecule has 1 atom stereocenters. The Bertz CT molecular complexity index is 889. The highest BCUT2D eigenvalue weighted by Crippen LogP contribution is 2.20. The number of amides is 2. The van der Waals surface area contributed by atoms with Crippen LogP contribution in [0.2, 0.25) is 0 Å². The van der Waals surface area contributed by atoms with Gasteiger partial charge in [0.05, 0.1) is 6.67 Å². The average molecular weight is 350 g/mol. The van der Waals surface area contributed by atoms with Crippen molar-refractivity contribution in [2.24, 2.45) is 11.7 Å². The standard InChI is InChI=1S/C20H22N4O2/c21-19(25)17(10-15-12-23-18-9-5-4-8-16(15)18)20(26)24-13-22-11-14-6-2-1-3-7-14/h1-9,12,17,22-23H,10-11,13H2,(H2,21,25)(H,24,26). The summed E-state index contributed by atoms with van der Waals surface area (Å²) < 4.78 is 0. The summed E-state index contributed by atoms with van der Waals surface area (Å²) in [7, 11) is 0. The summed E-state index contributed by atoms with van der Waals surface area (Å²) in [5.74, 6) is -1.91. The Morgan fingerprint density at radius 1 is 1.04 bits per heavy atom. The number of carbonyl (C=O) groups excluding carboxylic acids is 2. The zero-order valence-electron chi connectivity index (χ0n) is 14.4. The molecule has 26 heavy (non-hydrogen) atoms. The Hall–Kier alpha value is -3.12. The summed E-state index contributed by atoms with van der Waals surface area (Å²) in [4.78, 5) is 27.3. The Morgan fingerprint density at radius 3 is 2.54 bits per heavy atom. The molecular formula is C20H22N4O2. The van der Waals surface area contributed by atoms with Crippen molar-refractivity contribution in [3.8, 4) is 0 Å². The van der Waals surface area contributed by atoms with Gasteiger partial charge in [0.1, 0.15) is 5.92 Å². The van der Waals surface area contributed by atoms with Gasteiger partial charge in [-0.1, -0.05) is 48.5 Å². The van der Waals surface area contributed by atoms with Crippen LogP contribution in [0.1, 0.15) is 11.1 Å². The smallest absolute Gasteiger partial charge is 0.233 e. The number of hydrogen-bond donors (Lipinski definition) is 4. The maximum atomic E-state index is 12.4. The van der Waals surface area contributed by atoms with E-state index in [1.807, 2.05) is 60.8 Å². The maximum absolute atomic E-state index is 12.4. The van der Waals surface area contributed by atoms with Crippen molar-refractivity contribution in [1.29, 1.82) is 0 Å². The van der Waals surface area contributed by atoms with Gasteiger partial charge < -0.3 is 16.0 Å². The molecule has 0 saturated carbocycles. The lowest BCUT2D eigenvalue weighted by Crippen LogP contribution is -2.43. The fraction of sp³-hybridized carbons (Fsp3) is 0.200. The highest BCUT2D eigenvalue weighted by atomic mass is 16.2. The van der Waals surface area contributed by atoms with E-state index < -0.39 is 11.8 Å². The number of benzene rings is 2. The molecule has 1 aromatic heterocycles. The molecule has 0 spiro atoms. The predicted molar refractivity (Wildman–Crippen MR) is 101 cm³/mol. The molecule has 3 aromatic rings. The molecule has 5 N–H and O–H groups in total. The third kappa shape index (κ3) is 4.29. The maximum Gasteiger partial charge on any atom is 0.233 e. The zero-order chi connectivity index (χ0) is 18.4. The van der Waals surface area contributed by atoms with Gasteiger partial charge in [0.25, 0.3) is 0 Å². The molecule has 0 saturated heterocycles. The lowest BCUT2D eigenvalue weighted by Gasteiger charge is -2.14. The van der Waals surface area contributed by atoms with Gasteiger partial charge in [-0.3, -0.25) is 14.9 Å². The molecule has 6 heteroatoms. The number of aromatic amines is 1. The van der Waals surface area contributed by atoms with Crippen LogP contribution in [0.15, 0.2) is 60.8 Å². The Kier molecular flexibility index (Phi) is 5.66. The minimum Gasteiger partial charge on any atom is -0.369 e. The molecule has 0 radical (unpaired) electrons. The monoisotopic (exact) mass is 350 g/mol. The molecule has 0 aliphatic carbocycles. The second-order valence-corrected chi connectivity index (χ2v) is 6.15. The first-order chi connectivity index (χ1) is 12.6. The molecule has 2 aromatic carbocycles. The van der Waals surface area contributed by atoms with Crippen molar-refractivity contribution >= 4 is 22.7 Å². The van der Waals surface area contributed by atoms with E-state index in [9.17, 15) is 9.59 Å². The number of fused-ring (bicyclic) bond motifs is 1. The minimum absolute atomic E-state index is 0.268. The molecule has 2 amide bonds. The van der Waals surface area contributed by atoms with Crippen molar-refractivity contribution in [1.82, 2.24) is 15.6 Å². The van der Waals surface area contributed by atoms with E-state index >= 15 is 0 Å². The number of nitrogens with two attached hydrogens (primary N) is 1. The summed E-state index contributed by atoms with van der Waals surface area (Å²) >= 11 is 0. The predicted octanol–water partition coefficient (Wildman–Crippen LogP) is 1.68. The van der Waals surface area contributed by atoms with Gasteiger partial charge in [0, 0.05) is 23.6 Å². The number of nitrogens with one attached hydrogen (secondary N) is 3. The van der Waals surface area contributed by atoms with Crippen LogP contribution in [0.5, 0.6) is 0 Å². The first-order valence-electron chi connectivity index (χ1n) is 8.52. The Labute approximate surface area is 151 Å². The van der Waals surface area contributed by atoms with Gasteiger partial charge in [0.2, 0.25) is 11.8 Å². The van der Waals surface area contributed by atoms with Gasteiger partial charge in [-0.2, -0.15) is 0 Å². The van der Waals surface area contributed by atoms with Gasteiger partial charge in [-0.25, -0.2) is 0 Å². The second-order valence-electron chi connectivity index (χ2n) is 6.15. The molecule has 0 aliphatic heterocycles. The second kappa shape index (κ2) is 8.31. The van der Waals surface area contributed by atoms with Gasteiger partial charge >= 0.3 is 0 Å².